The van der Waals surface area contributed by atoms with E-state index >= 15 is 0 Å². The monoisotopic (exact) mass is 255 g/mol. The van der Waals surface area contributed by atoms with Gasteiger partial charge in [0, 0.05) is 23.3 Å². The Morgan fingerprint density at radius 1 is 1.59 bits per heavy atom. The Balaban J connectivity index is 2.48. The Morgan fingerprint density at radius 2 is 2.24 bits per heavy atom. The third kappa shape index (κ3) is 4.83. The summed E-state index contributed by atoms with van der Waals surface area (Å²) in [6.07, 6.45) is 0.359. The van der Waals surface area contributed by atoms with Gasteiger partial charge in [-0.05, 0) is 6.92 Å². The molecule has 5 heteroatoms. The van der Waals surface area contributed by atoms with E-state index in [9.17, 15) is 4.79 Å². The van der Waals surface area contributed by atoms with Crippen molar-refractivity contribution < 1.29 is 4.79 Å². The van der Waals surface area contributed by atoms with Crippen molar-refractivity contribution in [2.75, 3.05) is 0 Å². The summed E-state index contributed by atoms with van der Waals surface area (Å²) < 4.78 is 0. The van der Waals surface area contributed by atoms with Crippen molar-refractivity contribution in [1.29, 1.82) is 0 Å². The van der Waals surface area contributed by atoms with E-state index in [0.717, 1.165) is 10.7 Å². The zero-order valence-electron chi connectivity index (χ0n) is 10.9. The number of aromatic nitrogens is 1. The Morgan fingerprint density at radius 3 is 2.71 bits per heavy atom. The lowest BCUT2D eigenvalue weighted by molar-refractivity contribution is -0.121. The van der Waals surface area contributed by atoms with E-state index in [1.165, 1.54) is 0 Å². The standard InChI is InChI=1S/C12H21N3OS/c1-8(13)5-10(16)14-6-11-15-9(7-17-11)12(2,3)4/h7-8H,5-6,13H2,1-4H3,(H,14,16). The van der Waals surface area contributed by atoms with E-state index in [0.29, 0.717) is 13.0 Å². The molecule has 1 aromatic rings. The fourth-order valence-corrected chi connectivity index (χ4v) is 2.24. The molecule has 0 aliphatic carbocycles. The molecule has 0 aromatic carbocycles. The number of thiazole rings is 1. The zero-order chi connectivity index (χ0) is 13.1. The summed E-state index contributed by atoms with van der Waals surface area (Å²) in [6.45, 7) is 8.69. The van der Waals surface area contributed by atoms with Crippen LogP contribution in [0.3, 0.4) is 0 Å². The summed E-state index contributed by atoms with van der Waals surface area (Å²) in [4.78, 5) is 15.9. The summed E-state index contributed by atoms with van der Waals surface area (Å²) >= 11 is 1.58. The molecule has 0 radical (unpaired) electrons. The van der Waals surface area contributed by atoms with Crippen LogP contribution >= 0.6 is 11.3 Å². The third-order valence-electron chi connectivity index (χ3n) is 2.26. The van der Waals surface area contributed by atoms with Gasteiger partial charge in [0.2, 0.25) is 5.91 Å². The first-order valence-electron chi connectivity index (χ1n) is 5.76. The highest BCUT2D eigenvalue weighted by atomic mass is 32.1. The minimum Gasteiger partial charge on any atom is -0.350 e. The molecule has 96 valence electrons. The van der Waals surface area contributed by atoms with Crippen LogP contribution in [0.1, 0.15) is 44.8 Å². The van der Waals surface area contributed by atoms with Gasteiger partial charge in [0.05, 0.1) is 12.2 Å². The summed E-state index contributed by atoms with van der Waals surface area (Å²) in [6, 6.07) is -0.101. The second kappa shape index (κ2) is 5.60. The van der Waals surface area contributed by atoms with Crippen LogP contribution in [0.2, 0.25) is 0 Å². The number of carbonyl (C=O) groups excluding carboxylic acids is 1. The molecule has 1 amide bonds. The van der Waals surface area contributed by atoms with Crippen molar-refractivity contribution >= 4 is 17.2 Å². The van der Waals surface area contributed by atoms with E-state index in [1.54, 1.807) is 11.3 Å². The van der Waals surface area contributed by atoms with E-state index in [1.807, 2.05) is 12.3 Å². The van der Waals surface area contributed by atoms with Gasteiger partial charge in [0.15, 0.2) is 0 Å². The van der Waals surface area contributed by atoms with Crippen LogP contribution in [-0.2, 0) is 16.8 Å². The van der Waals surface area contributed by atoms with Gasteiger partial charge in [-0.25, -0.2) is 4.98 Å². The van der Waals surface area contributed by atoms with Crippen LogP contribution in [0.4, 0.5) is 0 Å². The largest absolute Gasteiger partial charge is 0.350 e. The second-order valence-corrected chi connectivity index (χ2v) is 6.28. The summed E-state index contributed by atoms with van der Waals surface area (Å²) in [5.74, 6) is -0.0208. The molecule has 3 N–H and O–H groups in total. The zero-order valence-corrected chi connectivity index (χ0v) is 11.7. The van der Waals surface area contributed by atoms with Gasteiger partial charge in [-0.2, -0.15) is 0 Å². The molecule has 0 aliphatic heterocycles. The Labute approximate surface area is 107 Å². The molecule has 1 unspecified atom stereocenters. The van der Waals surface area contributed by atoms with Crippen LogP contribution in [0.15, 0.2) is 5.38 Å². The minimum atomic E-state index is -0.101. The van der Waals surface area contributed by atoms with Crippen molar-refractivity contribution in [1.82, 2.24) is 10.3 Å². The third-order valence-corrected chi connectivity index (χ3v) is 3.11. The van der Waals surface area contributed by atoms with Crippen LogP contribution in [0, 0.1) is 0 Å². The van der Waals surface area contributed by atoms with Crippen LogP contribution in [0.25, 0.3) is 0 Å². The fraction of sp³-hybridized carbons (Fsp3) is 0.667. The molecule has 1 aromatic heterocycles. The molecular formula is C12H21N3OS. The van der Waals surface area contributed by atoms with Gasteiger partial charge >= 0.3 is 0 Å². The second-order valence-electron chi connectivity index (χ2n) is 5.33. The SMILES string of the molecule is CC(N)CC(=O)NCc1nc(C(C)(C)C)cs1. The summed E-state index contributed by atoms with van der Waals surface area (Å²) in [5.41, 5.74) is 6.68. The molecule has 0 saturated heterocycles. The lowest BCUT2D eigenvalue weighted by atomic mass is 9.93. The first-order valence-corrected chi connectivity index (χ1v) is 6.64. The summed E-state index contributed by atoms with van der Waals surface area (Å²) in [7, 11) is 0. The normalized spacial score (nSPS) is 13.5. The van der Waals surface area contributed by atoms with Crippen molar-refractivity contribution in [3.63, 3.8) is 0 Å². The number of hydrogen-bond donors (Lipinski definition) is 2. The van der Waals surface area contributed by atoms with Gasteiger partial charge in [-0.1, -0.05) is 20.8 Å². The fourth-order valence-electron chi connectivity index (χ4n) is 1.28. The van der Waals surface area contributed by atoms with E-state index < -0.39 is 0 Å². The van der Waals surface area contributed by atoms with Gasteiger partial charge in [-0.15, -0.1) is 11.3 Å². The lowest BCUT2D eigenvalue weighted by Crippen LogP contribution is -2.29. The highest BCUT2D eigenvalue weighted by molar-refractivity contribution is 7.09. The molecule has 0 spiro atoms. The van der Waals surface area contributed by atoms with Crippen molar-refractivity contribution in [2.24, 2.45) is 5.73 Å². The summed E-state index contributed by atoms with van der Waals surface area (Å²) in [5, 5.41) is 5.81. The van der Waals surface area contributed by atoms with E-state index in [4.69, 9.17) is 5.73 Å². The van der Waals surface area contributed by atoms with Crippen molar-refractivity contribution in [3.8, 4) is 0 Å². The van der Waals surface area contributed by atoms with Crippen LogP contribution < -0.4 is 11.1 Å². The number of carbonyl (C=O) groups is 1. The highest BCUT2D eigenvalue weighted by Gasteiger charge is 2.17. The topological polar surface area (TPSA) is 68.0 Å². The number of amides is 1. The Bertz CT molecular complexity index is 379. The molecule has 4 nitrogen and oxygen atoms in total. The maximum absolute atomic E-state index is 11.4. The highest BCUT2D eigenvalue weighted by Crippen LogP contribution is 2.23. The number of rotatable bonds is 4. The number of nitrogens with zero attached hydrogens (tertiary/aromatic N) is 1. The first kappa shape index (κ1) is 14.1. The first-order chi connectivity index (χ1) is 7.79. The molecule has 1 heterocycles. The Kier molecular flexibility index (Phi) is 4.65. The molecule has 0 aliphatic rings. The predicted octanol–water partition coefficient (Wildman–Crippen LogP) is 1.79. The van der Waals surface area contributed by atoms with E-state index in [2.05, 4.69) is 31.1 Å². The maximum Gasteiger partial charge on any atom is 0.221 e. The van der Waals surface area contributed by atoms with Gasteiger partial charge in [0.1, 0.15) is 5.01 Å². The molecule has 17 heavy (non-hydrogen) atoms. The molecule has 1 atom stereocenters. The molecule has 1 rings (SSSR count). The predicted molar refractivity (Wildman–Crippen MR) is 70.9 cm³/mol. The smallest absolute Gasteiger partial charge is 0.221 e. The molecule has 0 fully saturated rings. The van der Waals surface area contributed by atoms with E-state index in [-0.39, 0.29) is 17.4 Å². The number of nitrogens with two attached hydrogens (primary N) is 1. The number of hydrogen-bond acceptors (Lipinski definition) is 4. The van der Waals surface area contributed by atoms with Crippen LogP contribution in [0.5, 0.6) is 0 Å². The van der Waals surface area contributed by atoms with Gasteiger partial charge in [0.25, 0.3) is 0 Å². The Hall–Kier alpha value is -0.940. The average molecular weight is 255 g/mol. The maximum atomic E-state index is 11.4. The molecular weight excluding hydrogens is 234 g/mol. The molecule has 0 saturated carbocycles. The average Bonchev–Trinajstić information content (AvgIpc) is 2.61. The van der Waals surface area contributed by atoms with Gasteiger partial charge < -0.3 is 11.1 Å². The van der Waals surface area contributed by atoms with Crippen molar-refractivity contribution in [2.45, 2.75) is 52.1 Å². The number of nitrogens with one attached hydrogen (secondary N) is 1. The van der Waals surface area contributed by atoms with Gasteiger partial charge in [-0.3, -0.25) is 4.79 Å². The minimum absolute atomic E-state index is 0.0208. The van der Waals surface area contributed by atoms with Crippen LogP contribution in [-0.4, -0.2) is 16.9 Å². The van der Waals surface area contributed by atoms with Crippen molar-refractivity contribution in [3.05, 3.63) is 16.1 Å². The quantitative estimate of drug-likeness (QED) is 0.862. The molecule has 0 bridgehead atoms. The lowest BCUT2D eigenvalue weighted by Gasteiger charge is -2.14.